The van der Waals surface area contributed by atoms with Gasteiger partial charge >= 0.3 is 0 Å². The number of amides is 1. The largest absolute Gasteiger partial charge is 0.355 e. The smallest absolute Gasteiger partial charge is 0.251 e. The van der Waals surface area contributed by atoms with Crippen LogP contribution >= 0.6 is 0 Å². The van der Waals surface area contributed by atoms with Crippen molar-refractivity contribution in [2.24, 2.45) is 0 Å². The lowest BCUT2D eigenvalue weighted by Crippen LogP contribution is -2.19. The van der Waals surface area contributed by atoms with Crippen molar-refractivity contribution in [1.29, 1.82) is 0 Å². The Morgan fingerprint density at radius 2 is 1.50 bits per heavy atom. The number of rotatable bonds is 5. The molecule has 1 amide bonds. The Kier molecular flexibility index (Phi) is 5.34. The fourth-order valence-corrected chi connectivity index (χ4v) is 2.75. The van der Waals surface area contributed by atoms with E-state index in [1.165, 1.54) is 22.3 Å². The number of carbonyl (C=O) groups excluding carboxylic acids is 1. The van der Waals surface area contributed by atoms with E-state index >= 15 is 0 Å². The van der Waals surface area contributed by atoms with E-state index in [0.717, 1.165) is 13.1 Å². The monoisotopic (exact) mass is 296 g/mol. The molecule has 22 heavy (non-hydrogen) atoms. The van der Waals surface area contributed by atoms with E-state index in [1.54, 1.807) is 7.05 Å². The maximum Gasteiger partial charge on any atom is 0.251 e. The van der Waals surface area contributed by atoms with Crippen molar-refractivity contribution in [3.63, 3.8) is 0 Å². The molecule has 1 N–H and O–H groups in total. The highest BCUT2D eigenvalue weighted by atomic mass is 16.1. The Hall–Kier alpha value is -2.13. The maximum absolute atomic E-state index is 11.5. The number of hydrogen-bond donors (Lipinski definition) is 1. The van der Waals surface area contributed by atoms with Crippen LogP contribution in [0.5, 0.6) is 0 Å². The van der Waals surface area contributed by atoms with Crippen LogP contribution in [0.25, 0.3) is 0 Å². The zero-order valence-corrected chi connectivity index (χ0v) is 13.8. The van der Waals surface area contributed by atoms with Crippen LogP contribution in [0.2, 0.25) is 0 Å². The summed E-state index contributed by atoms with van der Waals surface area (Å²) in [5.41, 5.74) is 5.85. The molecule has 0 spiro atoms. The van der Waals surface area contributed by atoms with E-state index in [9.17, 15) is 4.79 Å². The van der Waals surface area contributed by atoms with Gasteiger partial charge in [-0.3, -0.25) is 9.69 Å². The number of carbonyl (C=O) groups is 1. The van der Waals surface area contributed by atoms with Crippen molar-refractivity contribution in [3.8, 4) is 0 Å². The molecule has 0 saturated carbocycles. The molecule has 3 heteroatoms. The van der Waals surface area contributed by atoms with E-state index in [1.807, 2.05) is 24.3 Å². The molecular weight excluding hydrogens is 272 g/mol. The molecule has 0 aromatic heterocycles. The SMILES string of the molecule is CNC(=O)c1ccc(CN(C)Cc2cc(C)cc(C)c2)cc1. The first-order valence-electron chi connectivity index (χ1n) is 7.54. The van der Waals surface area contributed by atoms with Gasteiger partial charge in [0, 0.05) is 25.7 Å². The van der Waals surface area contributed by atoms with Gasteiger partial charge in [0.25, 0.3) is 5.91 Å². The first-order chi connectivity index (χ1) is 10.5. The number of benzene rings is 2. The Labute approximate surface area is 133 Å². The van der Waals surface area contributed by atoms with Crippen molar-refractivity contribution >= 4 is 5.91 Å². The minimum atomic E-state index is -0.0462. The molecule has 0 heterocycles. The fraction of sp³-hybridized carbons (Fsp3) is 0.316. The molecule has 0 aliphatic rings. The lowest BCUT2D eigenvalue weighted by atomic mass is 10.1. The standard InChI is InChI=1S/C19H24N2O/c1-14-9-15(2)11-17(10-14)13-21(4)12-16-5-7-18(8-6-16)19(22)20-3/h5-11H,12-13H2,1-4H3,(H,20,22). The van der Waals surface area contributed by atoms with E-state index in [2.05, 4.69) is 49.3 Å². The van der Waals surface area contributed by atoms with E-state index < -0.39 is 0 Å². The average Bonchev–Trinajstić information content (AvgIpc) is 2.46. The van der Waals surface area contributed by atoms with Crippen molar-refractivity contribution in [2.45, 2.75) is 26.9 Å². The molecule has 0 bridgehead atoms. The van der Waals surface area contributed by atoms with Crippen LogP contribution in [0.3, 0.4) is 0 Å². The Bertz CT molecular complexity index is 627. The quantitative estimate of drug-likeness (QED) is 0.918. The maximum atomic E-state index is 11.5. The zero-order valence-electron chi connectivity index (χ0n) is 13.8. The number of hydrogen-bond acceptors (Lipinski definition) is 2. The summed E-state index contributed by atoms with van der Waals surface area (Å²) in [5, 5.41) is 2.64. The molecule has 116 valence electrons. The molecule has 0 fully saturated rings. The van der Waals surface area contributed by atoms with Crippen LogP contribution in [0.4, 0.5) is 0 Å². The summed E-state index contributed by atoms with van der Waals surface area (Å²) in [7, 11) is 3.76. The summed E-state index contributed by atoms with van der Waals surface area (Å²) in [6.07, 6.45) is 0. The first kappa shape index (κ1) is 16.2. The normalized spacial score (nSPS) is 10.8. The highest BCUT2D eigenvalue weighted by molar-refractivity contribution is 5.93. The minimum absolute atomic E-state index is 0.0462. The molecule has 2 rings (SSSR count). The zero-order chi connectivity index (χ0) is 16.1. The third-order valence-corrected chi connectivity index (χ3v) is 3.63. The Morgan fingerprint density at radius 3 is 2.05 bits per heavy atom. The lowest BCUT2D eigenvalue weighted by molar-refractivity contribution is 0.0963. The topological polar surface area (TPSA) is 32.3 Å². The van der Waals surface area contributed by atoms with Crippen LogP contribution in [-0.2, 0) is 13.1 Å². The van der Waals surface area contributed by atoms with Crippen molar-refractivity contribution in [3.05, 3.63) is 70.3 Å². The van der Waals surface area contributed by atoms with E-state index in [0.29, 0.717) is 5.56 Å². The highest BCUT2D eigenvalue weighted by Gasteiger charge is 2.05. The van der Waals surface area contributed by atoms with Crippen molar-refractivity contribution in [1.82, 2.24) is 10.2 Å². The Balaban J connectivity index is 1.99. The van der Waals surface area contributed by atoms with Gasteiger partial charge in [0.2, 0.25) is 0 Å². The van der Waals surface area contributed by atoms with E-state index in [4.69, 9.17) is 0 Å². The van der Waals surface area contributed by atoms with Crippen molar-refractivity contribution in [2.75, 3.05) is 14.1 Å². The van der Waals surface area contributed by atoms with E-state index in [-0.39, 0.29) is 5.91 Å². The third kappa shape index (κ3) is 4.43. The molecule has 0 saturated heterocycles. The summed E-state index contributed by atoms with van der Waals surface area (Å²) < 4.78 is 0. The molecule has 0 atom stereocenters. The number of nitrogens with zero attached hydrogens (tertiary/aromatic N) is 1. The molecule has 0 unspecified atom stereocenters. The first-order valence-corrected chi connectivity index (χ1v) is 7.54. The van der Waals surface area contributed by atoms with Gasteiger partial charge in [-0.15, -0.1) is 0 Å². The summed E-state index contributed by atoms with van der Waals surface area (Å²) in [6.45, 7) is 6.04. The van der Waals surface area contributed by atoms with Crippen LogP contribution in [0, 0.1) is 13.8 Å². The third-order valence-electron chi connectivity index (χ3n) is 3.63. The molecular formula is C19H24N2O. The second-order valence-electron chi connectivity index (χ2n) is 5.94. The van der Waals surface area contributed by atoms with Gasteiger partial charge in [-0.1, -0.05) is 41.5 Å². The fourth-order valence-electron chi connectivity index (χ4n) is 2.75. The molecule has 0 aliphatic carbocycles. The summed E-state index contributed by atoms with van der Waals surface area (Å²) in [5.74, 6) is -0.0462. The molecule has 0 radical (unpaired) electrons. The lowest BCUT2D eigenvalue weighted by Gasteiger charge is -2.18. The highest BCUT2D eigenvalue weighted by Crippen LogP contribution is 2.13. The second kappa shape index (κ2) is 7.23. The van der Waals surface area contributed by atoms with Crippen LogP contribution < -0.4 is 5.32 Å². The van der Waals surface area contributed by atoms with Gasteiger partial charge in [-0.2, -0.15) is 0 Å². The van der Waals surface area contributed by atoms with Gasteiger partial charge in [0.1, 0.15) is 0 Å². The number of aryl methyl sites for hydroxylation is 2. The van der Waals surface area contributed by atoms with Gasteiger partial charge in [0.15, 0.2) is 0 Å². The van der Waals surface area contributed by atoms with Crippen LogP contribution in [0.1, 0.15) is 32.6 Å². The molecule has 2 aromatic rings. The summed E-state index contributed by atoms with van der Waals surface area (Å²) in [4.78, 5) is 13.8. The van der Waals surface area contributed by atoms with Gasteiger partial charge in [0.05, 0.1) is 0 Å². The minimum Gasteiger partial charge on any atom is -0.355 e. The van der Waals surface area contributed by atoms with Gasteiger partial charge < -0.3 is 5.32 Å². The van der Waals surface area contributed by atoms with Gasteiger partial charge in [-0.25, -0.2) is 0 Å². The van der Waals surface area contributed by atoms with Crippen LogP contribution in [-0.4, -0.2) is 24.9 Å². The predicted molar refractivity (Wildman–Crippen MR) is 90.9 cm³/mol. The predicted octanol–water partition coefficient (Wildman–Crippen LogP) is 3.30. The molecule has 2 aromatic carbocycles. The van der Waals surface area contributed by atoms with Gasteiger partial charge in [-0.05, 0) is 44.2 Å². The summed E-state index contributed by atoms with van der Waals surface area (Å²) >= 11 is 0. The molecule has 0 aliphatic heterocycles. The van der Waals surface area contributed by atoms with Crippen LogP contribution in [0.15, 0.2) is 42.5 Å². The second-order valence-corrected chi connectivity index (χ2v) is 5.94. The number of nitrogens with one attached hydrogen (secondary N) is 1. The average molecular weight is 296 g/mol. The molecule has 3 nitrogen and oxygen atoms in total. The van der Waals surface area contributed by atoms with Crippen molar-refractivity contribution < 1.29 is 4.79 Å². The summed E-state index contributed by atoms with van der Waals surface area (Å²) in [6, 6.07) is 14.4. The Morgan fingerprint density at radius 1 is 0.955 bits per heavy atom.